The first-order valence-electron chi connectivity index (χ1n) is 3.84. The van der Waals surface area contributed by atoms with E-state index in [2.05, 4.69) is 0 Å². The molecule has 2 atom stereocenters. The van der Waals surface area contributed by atoms with E-state index < -0.39 is 6.10 Å². The lowest BCUT2D eigenvalue weighted by Gasteiger charge is -2.15. The molecule has 0 heterocycles. The van der Waals surface area contributed by atoms with E-state index in [-0.39, 0.29) is 11.8 Å². The van der Waals surface area contributed by atoms with Crippen LogP contribution in [0, 0.1) is 0 Å². The fraction of sp³-hybridized carbons (Fsp3) is 0.333. The third kappa shape index (κ3) is 1.75. The zero-order valence-corrected chi connectivity index (χ0v) is 6.94. The molecular formula is C9H13NO2. The molecule has 1 aromatic carbocycles. The topological polar surface area (TPSA) is 66.5 Å². The molecule has 0 aliphatic heterocycles. The molecular weight excluding hydrogens is 154 g/mol. The maximum absolute atomic E-state index is 9.49. The number of aliphatic hydroxyl groups is 1. The van der Waals surface area contributed by atoms with Crippen LogP contribution in [0.2, 0.25) is 0 Å². The molecule has 0 aliphatic rings. The van der Waals surface area contributed by atoms with Crippen molar-refractivity contribution in [3.63, 3.8) is 0 Å². The number of phenolic OH excluding ortho intramolecular Hbond substituents is 1. The minimum atomic E-state index is -0.800. The lowest BCUT2D eigenvalue weighted by molar-refractivity contribution is 0.150. The molecule has 0 saturated carbocycles. The second kappa shape index (κ2) is 3.56. The van der Waals surface area contributed by atoms with Crippen molar-refractivity contribution in [2.75, 3.05) is 0 Å². The smallest absolute Gasteiger partial charge is 0.121 e. The molecule has 3 nitrogen and oxygen atoms in total. The van der Waals surface area contributed by atoms with Crippen LogP contribution in [0.5, 0.6) is 5.75 Å². The van der Waals surface area contributed by atoms with Crippen molar-refractivity contribution in [2.24, 2.45) is 5.73 Å². The Morgan fingerprint density at radius 2 is 1.92 bits per heavy atom. The normalized spacial score (nSPS) is 15.6. The quantitative estimate of drug-likeness (QED) is 0.609. The molecule has 0 fully saturated rings. The monoisotopic (exact) mass is 167 g/mol. The van der Waals surface area contributed by atoms with Crippen LogP contribution in [0.4, 0.5) is 0 Å². The maximum Gasteiger partial charge on any atom is 0.121 e. The first-order chi connectivity index (χ1) is 5.63. The summed E-state index contributed by atoms with van der Waals surface area (Å²) in [6.45, 7) is 1.69. The Hall–Kier alpha value is -1.06. The van der Waals surface area contributed by atoms with Gasteiger partial charge in [0, 0.05) is 11.6 Å². The van der Waals surface area contributed by atoms with E-state index in [4.69, 9.17) is 5.73 Å². The van der Waals surface area contributed by atoms with Gasteiger partial charge in [-0.05, 0) is 13.0 Å². The first kappa shape index (κ1) is 9.03. The van der Waals surface area contributed by atoms with Crippen LogP contribution in [0.1, 0.15) is 18.6 Å². The summed E-state index contributed by atoms with van der Waals surface area (Å²) in [5.74, 6) is 0.0855. The van der Waals surface area contributed by atoms with Gasteiger partial charge in [-0.1, -0.05) is 18.2 Å². The average molecular weight is 167 g/mol. The molecule has 1 rings (SSSR count). The van der Waals surface area contributed by atoms with Gasteiger partial charge in [0.15, 0.2) is 0 Å². The van der Waals surface area contributed by atoms with Gasteiger partial charge in [-0.3, -0.25) is 0 Å². The summed E-state index contributed by atoms with van der Waals surface area (Å²) in [4.78, 5) is 0. The van der Waals surface area contributed by atoms with E-state index in [0.717, 1.165) is 0 Å². The lowest BCUT2D eigenvalue weighted by Crippen LogP contribution is -2.24. The van der Waals surface area contributed by atoms with Gasteiger partial charge in [0.05, 0.1) is 6.10 Å². The summed E-state index contributed by atoms with van der Waals surface area (Å²) < 4.78 is 0. The van der Waals surface area contributed by atoms with Crippen molar-refractivity contribution in [3.8, 4) is 5.75 Å². The Balaban J connectivity index is 2.94. The van der Waals surface area contributed by atoms with Crippen LogP contribution >= 0.6 is 0 Å². The third-order valence-corrected chi connectivity index (χ3v) is 1.75. The number of phenols is 1. The third-order valence-electron chi connectivity index (χ3n) is 1.75. The molecule has 3 heteroatoms. The number of hydrogen-bond donors (Lipinski definition) is 3. The van der Waals surface area contributed by atoms with Gasteiger partial charge in [-0.25, -0.2) is 0 Å². The Morgan fingerprint density at radius 1 is 1.33 bits per heavy atom. The Kier molecular flexibility index (Phi) is 2.68. The number of aliphatic hydroxyl groups excluding tert-OH is 1. The summed E-state index contributed by atoms with van der Waals surface area (Å²) in [6.07, 6.45) is -0.800. The largest absolute Gasteiger partial charge is 0.508 e. The highest BCUT2D eigenvalue weighted by atomic mass is 16.3. The second-order valence-corrected chi connectivity index (χ2v) is 2.86. The Labute approximate surface area is 71.5 Å². The van der Waals surface area contributed by atoms with E-state index in [9.17, 15) is 10.2 Å². The molecule has 12 heavy (non-hydrogen) atoms. The van der Waals surface area contributed by atoms with Crippen LogP contribution in [-0.4, -0.2) is 16.3 Å². The highest BCUT2D eigenvalue weighted by molar-refractivity contribution is 5.34. The lowest BCUT2D eigenvalue weighted by atomic mass is 10.0. The molecule has 0 bridgehead atoms. The molecule has 0 aliphatic carbocycles. The van der Waals surface area contributed by atoms with E-state index in [1.54, 1.807) is 25.1 Å². The SMILES string of the molecule is C[C@H](N)[C@@H](O)c1ccccc1O. The summed E-state index contributed by atoms with van der Waals surface area (Å²) in [5, 5.41) is 18.8. The van der Waals surface area contributed by atoms with Crippen LogP contribution in [0.15, 0.2) is 24.3 Å². The highest BCUT2D eigenvalue weighted by Crippen LogP contribution is 2.24. The minimum absolute atomic E-state index is 0.0855. The maximum atomic E-state index is 9.49. The van der Waals surface area contributed by atoms with Gasteiger partial charge in [0.25, 0.3) is 0 Å². The highest BCUT2D eigenvalue weighted by Gasteiger charge is 2.14. The number of rotatable bonds is 2. The van der Waals surface area contributed by atoms with E-state index in [1.807, 2.05) is 0 Å². The van der Waals surface area contributed by atoms with E-state index in [1.165, 1.54) is 6.07 Å². The molecule has 1 aromatic rings. The van der Waals surface area contributed by atoms with Gasteiger partial charge in [-0.2, -0.15) is 0 Å². The minimum Gasteiger partial charge on any atom is -0.508 e. The van der Waals surface area contributed by atoms with Crippen molar-refractivity contribution in [3.05, 3.63) is 29.8 Å². The van der Waals surface area contributed by atoms with Crippen molar-refractivity contribution in [1.29, 1.82) is 0 Å². The standard InChI is InChI=1S/C9H13NO2/c1-6(10)9(12)7-4-2-3-5-8(7)11/h2-6,9,11-12H,10H2,1H3/t6-,9+/m0/s1. The molecule has 0 unspecified atom stereocenters. The molecule has 4 N–H and O–H groups in total. The van der Waals surface area contributed by atoms with Crippen LogP contribution < -0.4 is 5.73 Å². The summed E-state index contributed by atoms with van der Waals surface area (Å²) >= 11 is 0. The zero-order valence-electron chi connectivity index (χ0n) is 6.94. The zero-order chi connectivity index (χ0) is 9.14. The van der Waals surface area contributed by atoms with Crippen molar-refractivity contribution in [1.82, 2.24) is 0 Å². The first-order valence-corrected chi connectivity index (χ1v) is 3.84. The van der Waals surface area contributed by atoms with Gasteiger partial charge in [0.1, 0.15) is 5.75 Å². The number of hydrogen-bond acceptors (Lipinski definition) is 3. The number of nitrogens with two attached hydrogens (primary N) is 1. The van der Waals surface area contributed by atoms with Crippen LogP contribution in [-0.2, 0) is 0 Å². The molecule has 0 radical (unpaired) electrons. The van der Waals surface area contributed by atoms with E-state index in [0.29, 0.717) is 5.56 Å². The van der Waals surface area contributed by atoms with Crippen LogP contribution in [0.3, 0.4) is 0 Å². The van der Waals surface area contributed by atoms with Crippen molar-refractivity contribution in [2.45, 2.75) is 19.1 Å². The van der Waals surface area contributed by atoms with Crippen molar-refractivity contribution < 1.29 is 10.2 Å². The van der Waals surface area contributed by atoms with Crippen LogP contribution in [0.25, 0.3) is 0 Å². The number of para-hydroxylation sites is 1. The van der Waals surface area contributed by atoms with Gasteiger partial charge in [-0.15, -0.1) is 0 Å². The van der Waals surface area contributed by atoms with E-state index >= 15 is 0 Å². The Morgan fingerprint density at radius 3 is 2.42 bits per heavy atom. The molecule has 0 spiro atoms. The fourth-order valence-corrected chi connectivity index (χ4v) is 1.02. The van der Waals surface area contributed by atoms with Gasteiger partial charge in [0.2, 0.25) is 0 Å². The Bertz CT molecular complexity index is 260. The summed E-state index contributed by atoms with van der Waals surface area (Å²) in [5.41, 5.74) is 5.95. The average Bonchev–Trinajstić information content (AvgIpc) is 2.04. The number of benzene rings is 1. The predicted molar refractivity (Wildman–Crippen MR) is 46.7 cm³/mol. The summed E-state index contributed by atoms with van der Waals surface area (Å²) in [7, 11) is 0. The molecule has 0 aromatic heterocycles. The number of aromatic hydroxyl groups is 1. The molecule has 66 valence electrons. The molecule has 0 amide bonds. The molecule has 0 saturated heterocycles. The summed E-state index contributed by atoms with van der Waals surface area (Å²) in [6, 6.07) is 6.26. The second-order valence-electron chi connectivity index (χ2n) is 2.86. The van der Waals surface area contributed by atoms with Gasteiger partial charge >= 0.3 is 0 Å². The van der Waals surface area contributed by atoms with Gasteiger partial charge < -0.3 is 15.9 Å². The van der Waals surface area contributed by atoms with Crippen molar-refractivity contribution >= 4 is 0 Å². The fourth-order valence-electron chi connectivity index (χ4n) is 1.02. The predicted octanol–water partition coefficient (Wildman–Crippen LogP) is 0.773.